The number of halogens is 1. The van der Waals surface area contributed by atoms with E-state index in [1.54, 1.807) is 12.1 Å². The number of hydrogen-bond acceptors (Lipinski definition) is 6. The minimum Gasteiger partial charge on any atom is -0.508 e. The summed E-state index contributed by atoms with van der Waals surface area (Å²) in [5.74, 6) is 0.591. The zero-order chi connectivity index (χ0) is 13.4. The third-order valence-electron chi connectivity index (χ3n) is 2.42. The molecule has 0 radical (unpaired) electrons. The Morgan fingerprint density at radius 3 is 2.95 bits per heavy atom. The van der Waals surface area contributed by atoms with Gasteiger partial charge in [0.1, 0.15) is 17.6 Å². The first kappa shape index (κ1) is 12.5. The monoisotopic (exact) mass is 385 g/mol. The molecule has 0 amide bonds. The fourth-order valence-electron chi connectivity index (χ4n) is 1.55. The summed E-state index contributed by atoms with van der Waals surface area (Å²) >= 11 is 3.61. The van der Waals surface area contributed by atoms with Gasteiger partial charge in [-0.05, 0) is 40.8 Å². The number of nitrogens with zero attached hydrogens (tertiary/aromatic N) is 3. The number of rotatable bonds is 2. The summed E-state index contributed by atoms with van der Waals surface area (Å²) in [4.78, 5) is 16.3. The van der Waals surface area contributed by atoms with E-state index in [2.05, 4.69) is 42.5 Å². The maximum Gasteiger partial charge on any atom is 0.183 e. The Hall–Kier alpha value is -1.55. The highest BCUT2D eigenvalue weighted by molar-refractivity contribution is 14.1. The molecule has 19 heavy (non-hydrogen) atoms. The molecular formula is C11H8IN5OS. The largest absolute Gasteiger partial charge is 0.508 e. The summed E-state index contributed by atoms with van der Waals surface area (Å²) in [6.45, 7) is 0. The van der Waals surface area contributed by atoms with Crippen LogP contribution in [0.1, 0.15) is 0 Å². The summed E-state index contributed by atoms with van der Waals surface area (Å²) in [7, 11) is 0. The number of benzene rings is 1. The standard InChI is InChI=1S/C11H8IN5OS/c12-6-2-1-5(18)3-7(6)19-11-16-8-9(13)14-4-15-10(8)17-11/h1-4,18H,(H3,13,14,15,16,17). The van der Waals surface area contributed by atoms with E-state index in [-0.39, 0.29) is 5.75 Å². The number of nitrogens with one attached hydrogen (secondary N) is 1. The summed E-state index contributed by atoms with van der Waals surface area (Å²) in [5, 5.41) is 10.2. The Morgan fingerprint density at radius 2 is 2.16 bits per heavy atom. The van der Waals surface area contributed by atoms with Gasteiger partial charge in [0.15, 0.2) is 16.6 Å². The van der Waals surface area contributed by atoms with Crippen molar-refractivity contribution in [2.45, 2.75) is 10.1 Å². The van der Waals surface area contributed by atoms with Crippen LogP contribution in [0.2, 0.25) is 0 Å². The van der Waals surface area contributed by atoms with Gasteiger partial charge in [0.2, 0.25) is 0 Å². The van der Waals surface area contributed by atoms with Crippen molar-refractivity contribution in [3.05, 3.63) is 28.1 Å². The fraction of sp³-hybridized carbons (Fsp3) is 0. The minimum absolute atomic E-state index is 0.221. The van der Waals surface area contributed by atoms with Gasteiger partial charge in [0.05, 0.1) is 0 Å². The third-order valence-corrected chi connectivity index (χ3v) is 4.67. The van der Waals surface area contributed by atoms with Crippen molar-refractivity contribution in [1.29, 1.82) is 0 Å². The molecule has 8 heteroatoms. The number of anilines is 1. The second kappa shape index (κ2) is 4.85. The Kier molecular flexibility index (Phi) is 3.19. The fourth-order valence-corrected chi connectivity index (χ4v) is 3.05. The Labute approximate surface area is 126 Å². The van der Waals surface area contributed by atoms with E-state index < -0.39 is 0 Å². The number of aromatic hydroxyl groups is 1. The first-order chi connectivity index (χ1) is 9.13. The molecule has 3 rings (SSSR count). The van der Waals surface area contributed by atoms with Gasteiger partial charge in [0, 0.05) is 8.47 Å². The lowest BCUT2D eigenvalue weighted by molar-refractivity contribution is 0.473. The molecule has 0 fully saturated rings. The zero-order valence-electron chi connectivity index (χ0n) is 9.46. The topological polar surface area (TPSA) is 101 Å². The summed E-state index contributed by atoms with van der Waals surface area (Å²) < 4.78 is 1.03. The first-order valence-corrected chi connectivity index (χ1v) is 7.15. The van der Waals surface area contributed by atoms with Crippen LogP contribution in [0, 0.1) is 3.57 Å². The van der Waals surface area contributed by atoms with E-state index in [1.165, 1.54) is 18.1 Å². The van der Waals surface area contributed by atoms with Crippen LogP contribution >= 0.6 is 34.4 Å². The van der Waals surface area contributed by atoms with Crippen molar-refractivity contribution >= 4 is 51.3 Å². The number of aromatic nitrogens is 4. The van der Waals surface area contributed by atoms with Gasteiger partial charge in [-0.2, -0.15) is 0 Å². The van der Waals surface area contributed by atoms with Crippen molar-refractivity contribution in [2.24, 2.45) is 0 Å². The molecule has 2 aromatic heterocycles. The van der Waals surface area contributed by atoms with Crippen molar-refractivity contribution in [3.63, 3.8) is 0 Å². The highest BCUT2D eigenvalue weighted by Gasteiger charge is 2.10. The quantitative estimate of drug-likeness (QED) is 0.586. The van der Waals surface area contributed by atoms with Gasteiger partial charge in [0.25, 0.3) is 0 Å². The molecule has 0 atom stereocenters. The molecule has 6 nitrogen and oxygen atoms in total. The number of hydrogen-bond donors (Lipinski definition) is 3. The lowest BCUT2D eigenvalue weighted by Gasteiger charge is -2.02. The van der Waals surface area contributed by atoms with E-state index in [0.717, 1.165) is 8.47 Å². The average molecular weight is 385 g/mol. The lowest BCUT2D eigenvalue weighted by atomic mass is 10.3. The SMILES string of the molecule is Nc1ncnc2nc(Sc3cc(O)ccc3I)[nH]c12. The van der Waals surface area contributed by atoms with Gasteiger partial charge in [-0.3, -0.25) is 0 Å². The van der Waals surface area contributed by atoms with Gasteiger partial charge in [-0.15, -0.1) is 0 Å². The summed E-state index contributed by atoms with van der Waals surface area (Å²) in [5.41, 5.74) is 6.90. The molecule has 96 valence electrons. The van der Waals surface area contributed by atoms with Crippen LogP contribution in [0.15, 0.2) is 34.6 Å². The number of H-pyrrole nitrogens is 1. The minimum atomic E-state index is 0.221. The van der Waals surface area contributed by atoms with Crippen molar-refractivity contribution in [1.82, 2.24) is 19.9 Å². The first-order valence-electron chi connectivity index (χ1n) is 5.26. The Bertz CT molecular complexity index is 760. The molecule has 0 aliphatic heterocycles. The van der Waals surface area contributed by atoms with Crippen LogP contribution in [0.4, 0.5) is 5.82 Å². The van der Waals surface area contributed by atoms with Crippen LogP contribution in [0.5, 0.6) is 5.75 Å². The van der Waals surface area contributed by atoms with Gasteiger partial charge < -0.3 is 15.8 Å². The second-order valence-corrected chi connectivity index (χ2v) is 5.91. The molecule has 3 aromatic rings. The average Bonchev–Trinajstić information content (AvgIpc) is 2.78. The molecular weight excluding hydrogens is 377 g/mol. The van der Waals surface area contributed by atoms with Crippen LogP contribution in [0.3, 0.4) is 0 Å². The molecule has 1 aromatic carbocycles. The number of aromatic amines is 1. The molecule has 0 aliphatic carbocycles. The van der Waals surface area contributed by atoms with E-state index in [1.807, 2.05) is 6.07 Å². The van der Waals surface area contributed by atoms with E-state index >= 15 is 0 Å². The molecule has 0 saturated carbocycles. The number of fused-ring (bicyclic) bond motifs is 1. The third kappa shape index (κ3) is 2.45. The van der Waals surface area contributed by atoms with Crippen LogP contribution in [-0.4, -0.2) is 25.0 Å². The molecule has 2 heterocycles. The van der Waals surface area contributed by atoms with Gasteiger partial charge in [-0.1, -0.05) is 11.8 Å². The van der Waals surface area contributed by atoms with Crippen LogP contribution in [-0.2, 0) is 0 Å². The number of nitrogen functional groups attached to an aromatic ring is 1. The molecule has 0 aliphatic rings. The molecule has 0 bridgehead atoms. The normalized spacial score (nSPS) is 11.0. The van der Waals surface area contributed by atoms with E-state index in [0.29, 0.717) is 22.1 Å². The number of imidazole rings is 1. The smallest absolute Gasteiger partial charge is 0.183 e. The highest BCUT2D eigenvalue weighted by Crippen LogP contribution is 2.33. The van der Waals surface area contributed by atoms with Crippen molar-refractivity contribution < 1.29 is 5.11 Å². The predicted molar refractivity (Wildman–Crippen MR) is 81.0 cm³/mol. The molecule has 4 N–H and O–H groups in total. The number of phenols is 1. The number of phenolic OH excluding ortho intramolecular Hbond substituents is 1. The maximum absolute atomic E-state index is 9.51. The zero-order valence-corrected chi connectivity index (χ0v) is 12.4. The molecule has 0 spiro atoms. The van der Waals surface area contributed by atoms with E-state index in [9.17, 15) is 5.11 Å². The summed E-state index contributed by atoms with van der Waals surface area (Å²) in [6.07, 6.45) is 1.38. The van der Waals surface area contributed by atoms with Crippen molar-refractivity contribution in [3.8, 4) is 5.75 Å². The van der Waals surface area contributed by atoms with Gasteiger partial charge in [-0.25, -0.2) is 15.0 Å². The van der Waals surface area contributed by atoms with Gasteiger partial charge >= 0.3 is 0 Å². The number of nitrogens with two attached hydrogens (primary N) is 1. The lowest BCUT2D eigenvalue weighted by Crippen LogP contribution is -1.91. The van der Waals surface area contributed by atoms with Crippen molar-refractivity contribution in [2.75, 3.05) is 5.73 Å². The predicted octanol–water partition coefficient (Wildman–Crippen LogP) is 2.40. The van der Waals surface area contributed by atoms with Crippen LogP contribution in [0.25, 0.3) is 11.2 Å². The molecule has 0 saturated heterocycles. The summed E-state index contributed by atoms with van der Waals surface area (Å²) in [6, 6.07) is 5.18. The Balaban J connectivity index is 2.01. The highest BCUT2D eigenvalue weighted by atomic mass is 127. The molecule has 0 unspecified atom stereocenters. The van der Waals surface area contributed by atoms with Crippen LogP contribution < -0.4 is 5.73 Å². The van der Waals surface area contributed by atoms with E-state index in [4.69, 9.17) is 5.73 Å². The maximum atomic E-state index is 9.51. The second-order valence-electron chi connectivity index (χ2n) is 3.72. The Morgan fingerprint density at radius 1 is 1.32 bits per heavy atom.